The molecule has 2 N–H and O–H groups in total. The molecule has 0 bridgehead atoms. The van der Waals surface area contributed by atoms with Crippen LogP contribution in [0.3, 0.4) is 0 Å². The number of pyridine rings is 1. The van der Waals surface area contributed by atoms with Crippen LogP contribution in [0.1, 0.15) is 24.8 Å². The number of anilines is 2. The van der Waals surface area contributed by atoms with Crippen molar-refractivity contribution < 1.29 is 0 Å². The molecule has 2 aromatic heterocycles. The number of hydrogen-bond acceptors (Lipinski definition) is 5. The van der Waals surface area contributed by atoms with Gasteiger partial charge in [-0.3, -0.25) is 0 Å². The summed E-state index contributed by atoms with van der Waals surface area (Å²) < 4.78 is 0. The molecule has 5 heteroatoms. The van der Waals surface area contributed by atoms with Crippen molar-refractivity contribution in [3.63, 3.8) is 0 Å². The summed E-state index contributed by atoms with van der Waals surface area (Å²) in [7, 11) is 0. The fourth-order valence-corrected chi connectivity index (χ4v) is 3.34. The first kappa shape index (κ1) is 12.9. The molecular formula is C15H16N4S. The molecule has 1 aliphatic rings. The molecule has 2 aromatic rings. The molecule has 0 aliphatic carbocycles. The van der Waals surface area contributed by atoms with Gasteiger partial charge in [0.2, 0.25) is 0 Å². The Morgan fingerprint density at radius 1 is 1.25 bits per heavy atom. The number of rotatable bonds is 2. The Morgan fingerprint density at radius 3 is 2.65 bits per heavy atom. The number of hydrogen-bond donors (Lipinski definition) is 1. The average Bonchev–Trinajstić information content (AvgIpc) is 2.89. The molecule has 0 amide bonds. The van der Waals surface area contributed by atoms with Crippen molar-refractivity contribution in [1.29, 1.82) is 5.26 Å². The van der Waals surface area contributed by atoms with Gasteiger partial charge in [0.1, 0.15) is 16.9 Å². The average molecular weight is 284 g/mol. The number of aromatic nitrogens is 1. The van der Waals surface area contributed by atoms with Crippen molar-refractivity contribution in [3.05, 3.63) is 30.0 Å². The van der Waals surface area contributed by atoms with Gasteiger partial charge in [0, 0.05) is 29.7 Å². The highest BCUT2D eigenvalue weighted by Crippen LogP contribution is 2.33. The lowest BCUT2D eigenvalue weighted by Crippen LogP contribution is -2.29. The zero-order valence-electron chi connectivity index (χ0n) is 11.2. The van der Waals surface area contributed by atoms with Gasteiger partial charge in [-0.15, -0.1) is 11.3 Å². The Hall–Kier alpha value is -2.06. The lowest BCUT2D eigenvalue weighted by Gasteiger charge is -2.27. The van der Waals surface area contributed by atoms with Gasteiger partial charge in [-0.25, -0.2) is 4.98 Å². The molecule has 1 aliphatic heterocycles. The molecule has 0 aromatic carbocycles. The number of piperidine rings is 1. The van der Waals surface area contributed by atoms with Gasteiger partial charge in [-0.1, -0.05) is 0 Å². The monoisotopic (exact) mass is 284 g/mol. The maximum atomic E-state index is 8.95. The molecule has 1 fully saturated rings. The van der Waals surface area contributed by atoms with Crippen molar-refractivity contribution in [2.75, 3.05) is 23.7 Å². The molecule has 0 atom stereocenters. The fourth-order valence-electron chi connectivity index (χ4n) is 2.48. The van der Waals surface area contributed by atoms with E-state index in [4.69, 9.17) is 11.0 Å². The Labute approximate surface area is 122 Å². The second-order valence-electron chi connectivity index (χ2n) is 4.95. The molecule has 20 heavy (non-hydrogen) atoms. The molecule has 0 spiro atoms. The number of thiophene rings is 1. The lowest BCUT2D eigenvalue weighted by atomic mass is 10.1. The minimum Gasteiger partial charge on any atom is -0.389 e. The Bertz CT molecular complexity index is 633. The standard InChI is InChI=1S/C15H16N4S/c16-9-12-8-13(20-15(12)17)11-4-5-14(18-10-11)19-6-2-1-3-7-19/h4-5,8,10H,1-3,6-7,17H2. The zero-order valence-corrected chi connectivity index (χ0v) is 12.0. The van der Waals surface area contributed by atoms with Gasteiger partial charge in [0.15, 0.2) is 0 Å². The van der Waals surface area contributed by atoms with Crippen molar-refractivity contribution in [3.8, 4) is 16.5 Å². The third kappa shape index (κ3) is 2.47. The maximum absolute atomic E-state index is 8.95. The first-order valence-corrected chi connectivity index (χ1v) is 7.60. The van der Waals surface area contributed by atoms with Crippen LogP contribution >= 0.6 is 11.3 Å². The number of nitrogens with zero attached hydrogens (tertiary/aromatic N) is 3. The normalized spacial score (nSPS) is 15.1. The summed E-state index contributed by atoms with van der Waals surface area (Å²) in [5.74, 6) is 1.04. The van der Waals surface area contributed by atoms with Gasteiger partial charge >= 0.3 is 0 Å². The van der Waals surface area contributed by atoms with Gasteiger partial charge in [-0.2, -0.15) is 5.26 Å². The van der Waals surface area contributed by atoms with Gasteiger partial charge in [-0.05, 0) is 37.5 Å². The molecule has 3 rings (SSSR count). The SMILES string of the molecule is N#Cc1cc(-c2ccc(N3CCCCC3)nc2)sc1N. The topological polar surface area (TPSA) is 65.9 Å². The van der Waals surface area contributed by atoms with Gasteiger partial charge in [0.25, 0.3) is 0 Å². The summed E-state index contributed by atoms with van der Waals surface area (Å²) in [4.78, 5) is 7.88. The Morgan fingerprint density at radius 2 is 2.05 bits per heavy atom. The number of nitriles is 1. The summed E-state index contributed by atoms with van der Waals surface area (Å²) in [5, 5.41) is 9.52. The summed E-state index contributed by atoms with van der Waals surface area (Å²) in [6.45, 7) is 2.19. The minimum atomic E-state index is 0.546. The van der Waals surface area contributed by atoms with Crippen LogP contribution in [0.5, 0.6) is 0 Å². The predicted molar refractivity (Wildman–Crippen MR) is 82.7 cm³/mol. The van der Waals surface area contributed by atoms with E-state index in [2.05, 4.69) is 28.1 Å². The second kappa shape index (κ2) is 5.51. The van der Waals surface area contributed by atoms with Crippen LogP contribution in [0, 0.1) is 11.3 Å². The third-order valence-electron chi connectivity index (χ3n) is 3.59. The van der Waals surface area contributed by atoms with E-state index in [-0.39, 0.29) is 0 Å². The summed E-state index contributed by atoms with van der Waals surface area (Å²) in [6, 6.07) is 8.05. The Kier molecular flexibility index (Phi) is 3.57. The largest absolute Gasteiger partial charge is 0.389 e. The highest BCUT2D eigenvalue weighted by molar-refractivity contribution is 7.19. The molecule has 1 saturated heterocycles. The van der Waals surface area contributed by atoms with Crippen LogP contribution in [0.4, 0.5) is 10.8 Å². The van der Waals surface area contributed by atoms with Crippen molar-refractivity contribution in [2.24, 2.45) is 0 Å². The highest BCUT2D eigenvalue weighted by atomic mass is 32.1. The molecule has 102 valence electrons. The van der Waals surface area contributed by atoms with E-state index >= 15 is 0 Å². The van der Waals surface area contributed by atoms with Crippen LogP contribution in [0.15, 0.2) is 24.4 Å². The highest BCUT2D eigenvalue weighted by Gasteiger charge is 2.13. The smallest absolute Gasteiger partial charge is 0.128 e. The van der Waals surface area contributed by atoms with Crippen LogP contribution in [0.2, 0.25) is 0 Å². The lowest BCUT2D eigenvalue weighted by molar-refractivity contribution is 0.573. The van der Waals surface area contributed by atoms with Crippen LogP contribution < -0.4 is 10.6 Å². The molecule has 3 heterocycles. The fraction of sp³-hybridized carbons (Fsp3) is 0.333. The van der Waals surface area contributed by atoms with Gasteiger partial charge in [0.05, 0.1) is 5.56 Å². The molecule has 0 radical (unpaired) electrons. The molecular weight excluding hydrogens is 268 g/mol. The Balaban J connectivity index is 1.83. The number of nitrogens with two attached hydrogens (primary N) is 1. The van der Waals surface area contributed by atoms with E-state index in [0.717, 1.165) is 29.3 Å². The van der Waals surface area contributed by atoms with E-state index in [9.17, 15) is 0 Å². The second-order valence-corrected chi connectivity index (χ2v) is 6.04. The van der Waals surface area contributed by atoms with E-state index in [0.29, 0.717) is 10.6 Å². The molecule has 0 unspecified atom stereocenters. The van der Waals surface area contributed by atoms with Crippen LogP contribution in [0.25, 0.3) is 10.4 Å². The first-order valence-electron chi connectivity index (χ1n) is 6.79. The summed E-state index contributed by atoms with van der Waals surface area (Å²) in [5.41, 5.74) is 7.37. The maximum Gasteiger partial charge on any atom is 0.128 e. The van der Waals surface area contributed by atoms with Gasteiger partial charge < -0.3 is 10.6 Å². The predicted octanol–water partition coefficient (Wildman–Crippen LogP) is 3.25. The summed E-state index contributed by atoms with van der Waals surface area (Å²) >= 11 is 1.44. The van der Waals surface area contributed by atoms with E-state index < -0.39 is 0 Å². The zero-order chi connectivity index (χ0) is 13.9. The van der Waals surface area contributed by atoms with E-state index in [1.54, 1.807) is 0 Å². The molecule has 0 saturated carbocycles. The minimum absolute atomic E-state index is 0.546. The quantitative estimate of drug-likeness (QED) is 0.919. The third-order valence-corrected chi connectivity index (χ3v) is 4.61. The van der Waals surface area contributed by atoms with Crippen LogP contribution in [-0.4, -0.2) is 18.1 Å². The van der Waals surface area contributed by atoms with Crippen molar-refractivity contribution >= 4 is 22.2 Å². The number of nitrogen functional groups attached to an aromatic ring is 1. The van der Waals surface area contributed by atoms with Crippen molar-refractivity contribution in [2.45, 2.75) is 19.3 Å². The van der Waals surface area contributed by atoms with Crippen molar-refractivity contribution in [1.82, 2.24) is 4.98 Å². The van der Waals surface area contributed by atoms with E-state index in [1.807, 2.05) is 12.3 Å². The molecule has 4 nitrogen and oxygen atoms in total. The summed E-state index contributed by atoms with van der Waals surface area (Å²) in [6.07, 6.45) is 5.68. The van der Waals surface area contributed by atoms with E-state index in [1.165, 1.54) is 30.6 Å². The first-order chi connectivity index (χ1) is 9.78. The van der Waals surface area contributed by atoms with Crippen LogP contribution in [-0.2, 0) is 0 Å².